The van der Waals surface area contributed by atoms with Crippen molar-refractivity contribution in [2.75, 3.05) is 37.7 Å². The van der Waals surface area contributed by atoms with Crippen molar-refractivity contribution in [3.63, 3.8) is 0 Å². The molecule has 1 unspecified atom stereocenters. The van der Waals surface area contributed by atoms with E-state index in [2.05, 4.69) is 71.5 Å². The van der Waals surface area contributed by atoms with Gasteiger partial charge < -0.3 is 29.7 Å². The Labute approximate surface area is 359 Å². The van der Waals surface area contributed by atoms with E-state index in [-0.39, 0.29) is 58.8 Å². The van der Waals surface area contributed by atoms with Crippen molar-refractivity contribution in [1.29, 1.82) is 0 Å². The van der Waals surface area contributed by atoms with Gasteiger partial charge in [0.1, 0.15) is 29.7 Å². The van der Waals surface area contributed by atoms with Crippen LogP contribution in [-0.4, -0.2) is 97.2 Å². The molecule has 1 spiro atoms. The van der Waals surface area contributed by atoms with E-state index in [0.29, 0.717) is 35.9 Å². The summed E-state index contributed by atoms with van der Waals surface area (Å²) in [5.74, 6) is 3.06. The first kappa shape index (κ1) is 42.3. The van der Waals surface area contributed by atoms with Crippen LogP contribution < -0.4 is 30.3 Å². The number of nitrogens with one attached hydrogen (secondary N) is 3. The molecule has 12 heteroatoms. The second-order valence-corrected chi connectivity index (χ2v) is 19.0. The molecule has 3 heterocycles. The third kappa shape index (κ3) is 8.47. The molecular weight excluding hydrogens is 771 g/mol. The highest BCUT2D eigenvalue weighted by Gasteiger charge is 2.64. The molecule has 3 aromatic carbocycles. The third-order valence-corrected chi connectivity index (χ3v) is 14.0. The summed E-state index contributed by atoms with van der Waals surface area (Å²) in [4.78, 5) is 54.7. The maximum absolute atomic E-state index is 13.6. The van der Waals surface area contributed by atoms with E-state index in [1.54, 1.807) is 24.3 Å². The van der Waals surface area contributed by atoms with Crippen LogP contribution >= 0.6 is 0 Å². The lowest BCUT2D eigenvalue weighted by Crippen LogP contribution is -2.74. The fourth-order valence-corrected chi connectivity index (χ4v) is 10.7. The number of amides is 4. The highest BCUT2D eigenvalue weighted by atomic mass is 16.5. The second kappa shape index (κ2) is 16.5. The molecule has 3 aromatic rings. The quantitative estimate of drug-likeness (QED) is 0.173. The van der Waals surface area contributed by atoms with Gasteiger partial charge >= 0.3 is 0 Å². The van der Waals surface area contributed by atoms with E-state index >= 15 is 0 Å². The molecule has 3 N–H and O–H groups in total. The van der Waals surface area contributed by atoms with Crippen LogP contribution in [0.3, 0.4) is 0 Å². The Balaban J connectivity index is 0.781. The molecule has 0 bridgehead atoms. The lowest BCUT2D eigenvalue weighted by atomic mass is 9.49. The summed E-state index contributed by atoms with van der Waals surface area (Å²) in [5, 5.41) is 8.32. The Hall–Kier alpha value is -5.38. The molecule has 12 nitrogen and oxygen atoms in total. The molecule has 2 saturated carbocycles. The van der Waals surface area contributed by atoms with Gasteiger partial charge in [0.15, 0.2) is 0 Å². The van der Waals surface area contributed by atoms with Gasteiger partial charge in [0.05, 0.1) is 12.2 Å². The number of piperidine rings is 2. The smallest absolute Gasteiger partial charge is 0.251 e. The van der Waals surface area contributed by atoms with Crippen molar-refractivity contribution in [3.05, 3.63) is 88.5 Å². The van der Waals surface area contributed by atoms with Crippen molar-refractivity contribution in [3.8, 4) is 23.8 Å². The Kier molecular flexibility index (Phi) is 11.4. The van der Waals surface area contributed by atoms with Crippen molar-refractivity contribution >= 4 is 29.3 Å². The molecule has 2 aliphatic carbocycles. The highest BCUT2D eigenvalue weighted by molar-refractivity contribution is 6.03. The normalized spacial score (nSPS) is 26.5. The van der Waals surface area contributed by atoms with Gasteiger partial charge in [-0.1, -0.05) is 33.6 Å². The number of aryl methyl sites for hydroxylation is 2. The number of ether oxygens (including phenoxy) is 3. The van der Waals surface area contributed by atoms with Crippen molar-refractivity contribution in [1.82, 2.24) is 20.9 Å². The maximum Gasteiger partial charge on any atom is 0.251 e. The number of carbonyl (C=O) groups excluding carboxylic acids is 4. The predicted molar refractivity (Wildman–Crippen MR) is 233 cm³/mol. The fraction of sp³-hybridized carbons (Fsp3) is 0.510. The van der Waals surface area contributed by atoms with Gasteiger partial charge in [-0.15, -0.1) is 6.42 Å². The summed E-state index contributed by atoms with van der Waals surface area (Å²) in [5.41, 5.74) is 4.38. The van der Waals surface area contributed by atoms with Gasteiger partial charge in [0.2, 0.25) is 11.8 Å². The number of carbonyl (C=O) groups is 4. The molecular formula is C49H59N5O7. The van der Waals surface area contributed by atoms with Gasteiger partial charge in [0, 0.05) is 90.7 Å². The van der Waals surface area contributed by atoms with E-state index in [1.807, 2.05) is 38.1 Å². The minimum atomic E-state index is -0.714. The summed E-state index contributed by atoms with van der Waals surface area (Å²) < 4.78 is 19.4. The number of rotatable bonds is 10. The maximum atomic E-state index is 13.6. The molecule has 0 aromatic heterocycles. The summed E-state index contributed by atoms with van der Waals surface area (Å²) in [6.45, 7) is 17.0. The van der Waals surface area contributed by atoms with Crippen molar-refractivity contribution < 1.29 is 33.4 Å². The number of benzene rings is 3. The lowest BCUT2D eigenvalue weighted by Gasteiger charge is -2.63. The third-order valence-electron chi connectivity index (χ3n) is 14.0. The summed E-state index contributed by atoms with van der Waals surface area (Å²) in [6, 6.07) is 18.6. The standard InChI is InChI=1S/C49H59N5O7/c1-8-39-30(2)25-37(26-31(39)3)61-46-47(4,5)45(48(46,6)7)52-43(57)32-9-13-34(14-10-32)53-21-19-49(20-22-53)29-54(23-24-59-49)35-27-38(28-35)60-36-15-11-33(12-16-36)42(56)50-40-17-18-41(55)51-44(40)58/h1,9-16,25-26,35,38,40,45-46H,17-24,27-29H2,2-7H3,(H,50,56)(H,52,57)(H,51,55,58). The number of nitrogens with zero attached hydrogens (tertiary/aromatic N) is 2. The van der Waals surface area contributed by atoms with E-state index in [0.717, 1.165) is 80.0 Å². The number of anilines is 1. The topological polar surface area (TPSA) is 139 Å². The summed E-state index contributed by atoms with van der Waals surface area (Å²) in [7, 11) is 0. The average molecular weight is 830 g/mol. The SMILES string of the molecule is C#Cc1c(C)cc(OC2C(C)(C)C(NC(=O)c3ccc(N4CCC5(CC4)CN(C4CC(Oc6ccc(C(=O)NC7CCC(=O)NC7=O)cc6)C4)CCO5)cc3)C2(C)C)cc1C. The molecule has 5 aliphatic rings. The van der Waals surface area contributed by atoms with Gasteiger partial charge in [-0.25, -0.2) is 0 Å². The largest absolute Gasteiger partial charge is 0.490 e. The molecule has 322 valence electrons. The molecule has 3 saturated heterocycles. The highest BCUT2D eigenvalue weighted by Crippen LogP contribution is 2.55. The fourth-order valence-electron chi connectivity index (χ4n) is 10.7. The summed E-state index contributed by atoms with van der Waals surface area (Å²) in [6.07, 6.45) is 9.97. The van der Waals surface area contributed by atoms with Crippen LogP contribution in [0.4, 0.5) is 5.69 Å². The van der Waals surface area contributed by atoms with Crippen molar-refractivity contribution in [2.24, 2.45) is 10.8 Å². The molecule has 5 fully saturated rings. The minimum Gasteiger partial charge on any atom is -0.490 e. The first-order chi connectivity index (χ1) is 29.0. The zero-order valence-corrected chi connectivity index (χ0v) is 36.3. The summed E-state index contributed by atoms with van der Waals surface area (Å²) >= 11 is 0. The van der Waals surface area contributed by atoms with E-state index in [4.69, 9.17) is 20.6 Å². The van der Waals surface area contributed by atoms with Crippen molar-refractivity contribution in [2.45, 2.75) is 116 Å². The monoisotopic (exact) mass is 829 g/mol. The Morgan fingerprint density at radius 2 is 1.44 bits per heavy atom. The molecule has 61 heavy (non-hydrogen) atoms. The van der Waals surface area contributed by atoms with Gasteiger partial charge in [-0.05, 0) is 105 Å². The van der Waals surface area contributed by atoms with Crippen LogP contribution in [0.5, 0.6) is 11.5 Å². The van der Waals surface area contributed by atoms with E-state index < -0.39 is 11.9 Å². The van der Waals surface area contributed by atoms with Crippen LogP contribution in [0.1, 0.15) is 104 Å². The molecule has 3 aliphatic heterocycles. The van der Waals surface area contributed by atoms with Crippen LogP contribution in [0.15, 0.2) is 60.7 Å². The van der Waals surface area contributed by atoms with Crippen LogP contribution in [0, 0.1) is 37.0 Å². The molecule has 4 amide bonds. The first-order valence-corrected chi connectivity index (χ1v) is 21.7. The zero-order valence-electron chi connectivity index (χ0n) is 36.3. The predicted octanol–water partition coefficient (Wildman–Crippen LogP) is 5.71. The number of terminal acetylenes is 1. The zero-order chi connectivity index (χ0) is 43.3. The Morgan fingerprint density at radius 3 is 2.05 bits per heavy atom. The number of hydrogen-bond acceptors (Lipinski definition) is 9. The number of morpholine rings is 1. The van der Waals surface area contributed by atoms with Gasteiger partial charge in [-0.3, -0.25) is 29.4 Å². The van der Waals surface area contributed by atoms with E-state index in [9.17, 15) is 19.2 Å². The Morgan fingerprint density at radius 1 is 0.836 bits per heavy atom. The van der Waals surface area contributed by atoms with Crippen LogP contribution in [0.25, 0.3) is 0 Å². The molecule has 8 rings (SSSR count). The van der Waals surface area contributed by atoms with Crippen LogP contribution in [-0.2, 0) is 14.3 Å². The Bertz CT molecular complexity index is 2180. The van der Waals surface area contributed by atoms with Gasteiger partial charge in [-0.2, -0.15) is 0 Å². The average Bonchev–Trinajstić information content (AvgIpc) is 3.21. The number of imide groups is 1. The molecule has 1 atom stereocenters. The number of hydrogen-bond donors (Lipinski definition) is 3. The second-order valence-electron chi connectivity index (χ2n) is 19.0. The lowest BCUT2D eigenvalue weighted by molar-refractivity contribution is -0.164. The first-order valence-electron chi connectivity index (χ1n) is 21.7. The van der Waals surface area contributed by atoms with Gasteiger partial charge in [0.25, 0.3) is 11.8 Å². The minimum absolute atomic E-state index is 0.0781. The molecule has 0 radical (unpaired) electrons. The van der Waals surface area contributed by atoms with E-state index in [1.165, 1.54) is 0 Å². The van der Waals surface area contributed by atoms with Crippen LogP contribution in [0.2, 0.25) is 0 Å².